The minimum Gasteiger partial charge on any atom is -0.366 e. The Morgan fingerprint density at radius 3 is 2.73 bits per heavy atom. The Kier molecular flexibility index (Phi) is 4.30. The summed E-state index contributed by atoms with van der Waals surface area (Å²) in [5.74, 6) is 1.20. The molecule has 0 fully saturated rings. The number of rotatable bonds is 4. The topological polar surface area (TPSA) is 50.7 Å². The van der Waals surface area contributed by atoms with E-state index in [4.69, 9.17) is 11.6 Å². The lowest BCUT2D eigenvalue weighted by Crippen LogP contribution is -2.03. The first kappa shape index (κ1) is 14.5. The van der Waals surface area contributed by atoms with Crippen LogP contribution in [0.15, 0.2) is 54.7 Å². The number of nitrogens with one attached hydrogen (secondary N) is 1. The van der Waals surface area contributed by atoms with Crippen LogP contribution < -0.4 is 5.32 Å². The van der Waals surface area contributed by atoms with Crippen molar-refractivity contribution in [1.82, 2.24) is 15.0 Å². The summed E-state index contributed by atoms with van der Waals surface area (Å²) in [6.45, 7) is 2.75. The van der Waals surface area contributed by atoms with E-state index in [0.717, 1.165) is 0 Å². The summed E-state index contributed by atoms with van der Waals surface area (Å²) in [7, 11) is 0. The first-order valence-electron chi connectivity index (χ1n) is 6.96. The number of aromatic nitrogens is 3. The molecule has 0 aliphatic rings. The van der Waals surface area contributed by atoms with E-state index in [9.17, 15) is 0 Å². The van der Waals surface area contributed by atoms with Crippen molar-refractivity contribution in [2.24, 2.45) is 0 Å². The van der Waals surface area contributed by atoms with Crippen LogP contribution in [0.3, 0.4) is 0 Å². The van der Waals surface area contributed by atoms with Gasteiger partial charge in [-0.3, -0.25) is 4.98 Å². The lowest BCUT2D eigenvalue weighted by Gasteiger charge is -2.08. The molecule has 0 unspecified atom stereocenters. The van der Waals surface area contributed by atoms with Crippen molar-refractivity contribution in [1.29, 1.82) is 0 Å². The second kappa shape index (κ2) is 6.54. The third-order valence-corrected chi connectivity index (χ3v) is 3.34. The average Bonchev–Trinajstić information content (AvgIpc) is 2.53. The molecule has 0 aliphatic carbocycles. The van der Waals surface area contributed by atoms with Gasteiger partial charge >= 0.3 is 0 Å². The van der Waals surface area contributed by atoms with Crippen molar-refractivity contribution in [3.05, 3.63) is 71.0 Å². The molecule has 4 nitrogen and oxygen atoms in total. The van der Waals surface area contributed by atoms with Crippen LogP contribution in [0, 0.1) is 6.92 Å². The molecule has 110 valence electrons. The molecule has 0 atom stereocenters. The van der Waals surface area contributed by atoms with Crippen molar-refractivity contribution < 1.29 is 0 Å². The van der Waals surface area contributed by atoms with Gasteiger partial charge in [0.25, 0.3) is 0 Å². The zero-order valence-corrected chi connectivity index (χ0v) is 12.9. The second-order valence-electron chi connectivity index (χ2n) is 4.96. The molecular formula is C17H15ClN4. The number of nitrogens with zero attached hydrogens (tertiary/aromatic N) is 3. The molecule has 2 aromatic heterocycles. The lowest BCUT2D eigenvalue weighted by atomic mass is 10.1. The van der Waals surface area contributed by atoms with Gasteiger partial charge in [0.2, 0.25) is 0 Å². The van der Waals surface area contributed by atoms with Gasteiger partial charge in [0, 0.05) is 18.8 Å². The molecule has 1 N–H and O–H groups in total. The molecule has 0 bridgehead atoms. The Morgan fingerprint density at radius 2 is 1.95 bits per heavy atom. The van der Waals surface area contributed by atoms with E-state index in [1.165, 1.54) is 11.1 Å². The number of aryl methyl sites for hydroxylation is 1. The van der Waals surface area contributed by atoms with Crippen molar-refractivity contribution in [2.75, 3.05) is 5.32 Å². The summed E-state index contributed by atoms with van der Waals surface area (Å²) >= 11 is 6.09. The highest BCUT2D eigenvalue weighted by Gasteiger charge is 2.06. The summed E-state index contributed by atoms with van der Waals surface area (Å²) < 4.78 is 0. The molecule has 0 radical (unpaired) electrons. The number of anilines is 1. The van der Waals surface area contributed by atoms with Gasteiger partial charge in [0.15, 0.2) is 5.82 Å². The first-order chi connectivity index (χ1) is 10.7. The van der Waals surface area contributed by atoms with Gasteiger partial charge in [0.05, 0.1) is 0 Å². The number of hydrogen-bond donors (Lipinski definition) is 1. The summed E-state index contributed by atoms with van der Waals surface area (Å²) in [4.78, 5) is 12.9. The highest BCUT2D eigenvalue weighted by Crippen LogP contribution is 2.19. The normalized spacial score (nSPS) is 10.5. The molecule has 0 saturated heterocycles. The fourth-order valence-electron chi connectivity index (χ4n) is 2.13. The van der Waals surface area contributed by atoms with Crippen LogP contribution in [-0.2, 0) is 6.54 Å². The highest BCUT2D eigenvalue weighted by molar-refractivity contribution is 6.29. The molecule has 0 saturated carbocycles. The molecule has 5 heteroatoms. The Balaban J connectivity index is 1.81. The standard InChI is InChI=1S/C17H15ClN4/c1-12-5-4-6-13(9-12)11-20-16-10-15(18)21-17(22-16)14-7-2-3-8-19-14/h2-10H,11H2,1H3,(H,20,21,22). The Bertz CT molecular complexity index is 775. The first-order valence-corrected chi connectivity index (χ1v) is 7.34. The zero-order valence-electron chi connectivity index (χ0n) is 12.1. The van der Waals surface area contributed by atoms with E-state index >= 15 is 0 Å². The molecule has 22 heavy (non-hydrogen) atoms. The van der Waals surface area contributed by atoms with Crippen LogP contribution >= 0.6 is 11.6 Å². The number of benzene rings is 1. The molecule has 2 heterocycles. The van der Waals surface area contributed by atoms with Crippen LogP contribution in [0.2, 0.25) is 5.15 Å². The maximum absolute atomic E-state index is 6.09. The molecular weight excluding hydrogens is 296 g/mol. The van der Waals surface area contributed by atoms with E-state index in [0.29, 0.717) is 29.0 Å². The summed E-state index contributed by atoms with van der Waals surface area (Å²) in [5.41, 5.74) is 3.12. The van der Waals surface area contributed by atoms with Gasteiger partial charge in [-0.15, -0.1) is 0 Å². The van der Waals surface area contributed by atoms with E-state index in [-0.39, 0.29) is 0 Å². The van der Waals surface area contributed by atoms with E-state index in [2.05, 4.69) is 45.4 Å². The SMILES string of the molecule is Cc1cccc(CNc2cc(Cl)nc(-c3ccccn3)n2)c1. The lowest BCUT2D eigenvalue weighted by molar-refractivity contribution is 1.07. The molecule has 0 amide bonds. The Hall–Kier alpha value is -2.46. The predicted molar refractivity (Wildman–Crippen MR) is 88.8 cm³/mol. The fourth-order valence-corrected chi connectivity index (χ4v) is 2.32. The smallest absolute Gasteiger partial charge is 0.181 e. The Labute approximate surface area is 134 Å². The van der Waals surface area contributed by atoms with Gasteiger partial charge in [-0.25, -0.2) is 9.97 Å². The van der Waals surface area contributed by atoms with Gasteiger partial charge in [0.1, 0.15) is 16.7 Å². The van der Waals surface area contributed by atoms with Crippen molar-refractivity contribution in [3.63, 3.8) is 0 Å². The predicted octanol–water partition coefficient (Wildman–Crippen LogP) is 4.11. The average molecular weight is 311 g/mol. The second-order valence-corrected chi connectivity index (χ2v) is 5.34. The monoisotopic (exact) mass is 310 g/mol. The van der Waals surface area contributed by atoms with E-state index in [1.54, 1.807) is 12.3 Å². The van der Waals surface area contributed by atoms with Gasteiger partial charge in [-0.2, -0.15) is 0 Å². The van der Waals surface area contributed by atoms with Gasteiger partial charge in [-0.1, -0.05) is 47.5 Å². The molecule has 0 aliphatic heterocycles. The van der Waals surface area contributed by atoms with Gasteiger partial charge in [-0.05, 0) is 24.6 Å². The van der Waals surface area contributed by atoms with Crippen LogP contribution in [0.4, 0.5) is 5.82 Å². The largest absolute Gasteiger partial charge is 0.366 e. The number of halogens is 1. The third-order valence-electron chi connectivity index (χ3n) is 3.14. The van der Waals surface area contributed by atoms with Crippen LogP contribution in [-0.4, -0.2) is 15.0 Å². The molecule has 1 aromatic carbocycles. The summed E-state index contributed by atoms with van der Waals surface area (Å²) in [6.07, 6.45) is 1.71. The van der Waals surface area contributed by atoms with Gasteiger partial charge < -0.3 is 5.32 Å². The minimum absolute atomic E-state index is 0.391. The van der Waals surface area contributed by atoms with Crippen molar-refractivity contribution in [3.8, 4) is 11.5 Å². The highest BCUT2D eigenvalue weighted by atomic mass is 35.5. The van der Waals surface area contributed by atoms with Crippen LogP contribution in [0.1, 0.15) is 11.1 Å². The molecule has 3 rings (SSSR count). The van der Waals surface area contributed by atoms with Crippen molar-refractivity contribution in [2.45, 2.75) is 13.5 Å². The summed E-state index contributed by atoms with van der Waals surface area (Å²) in [6, 6.07) is 15.6. The zero-order chi connectivity index (χ0) is 15.4. The fraction of sp³-hybridized carbons (Fsp3) is 0.118. The van der Waals surface area contributed by atoms with E-state index < -0.39 is 0 Å². The Morgan fingerprint density at radius 1 is 1.05 bits per heavy atom. The minimum atomic E-state index is 0.391. The van der Waals surface area contributed by atoms with E-state index in [1.807, 2.05) is 24.3 Å². The maximum atomic E-state index is 6.09. The summed E-state index contributed by atoms with van der Waals surface area (Å²) in [5, 5.41) is 3.67. The van der Waals surface area contributed by atoms with Crippen molar-refractivity contribution >= 4 is 17.4 Å². The van der Waals surface area contributed by atoms with Crippen LogP contribution in [0.5, 0.6) is 0 Å². The molecule has 0 spiro atoms. The third kappa shape index (κ3) is 3.59. The van der Waals surface area contributed by atoms with Crippen LogP contribution in [0.25, 0.3) is 11.5 Å². The number of pyridine rings is 1. The number of hydrogen-bond acceptors (Lipinski definition) is 4. The quantitative estimate of drug-likeness (QED) is 0.737. The molecule has 3 aromatic rings. The maximum Gasteiger partial charge on any atom is 0.181 e.